The van der Waals surface area contributed by atoms with Crippen LogP contribution in [0.5, 0.6) is 0 Å². The van der Waals surface area contributed by atoms with Gasteiger partial charge in [0.1, 0.15) is 0 Å². The monoisotopic (exact) mass is 523 g/mol. The summed E-state index contributed by atoms with van der Waals surface area (Å²) in [6.07, 6.45) is 3.33. The zero-order valence-corrected chi connectivity index (χ0v) is 25.1. The van der Waals surface area contributed by atoms with E-state index >= 15 is 0 Å². The molecule has 0 aromatic rings. The van der Waals surface area contributed by atoms with Crippen LogP contribution >= 0.6 is 0 Å². The number of hydrogen-bond donors (Lipinski definition) is 0. The number of carbonyl (C=O) groups is 3. The Balaban J connectivity index is -0.000000196. The number of carboxylic acid groups (broad SMARTS) is 3. The molecule has 0 aromatic carbocycles. The van der Waals surface area contributed by atoms with Crippen molar-refractivity contribution in [1.82, 2.24) is 0 Å². The van der Waals surface area contributed by atoms with Gasteiger partial charge in [0, 0.05) is 17.9 Å². The summed E-state index contributed by atoms with van der Waals surface area (Å²) in [5.41, 5.74) is 0.651. The summed E-state index contributed by atoms with van der Waals surface area (Å²) in [4.78, 5) is 30.6. The minimum atomic E-state index is -0.943. The first-order valence-corrected chi connectivity index (χ1v) is 12.0. The predicted molar refractivity (Wildman–Crippen MR) is 129 cm³/mol. The maximum atomic E-state index is 10.2. The summed E-state index contributed by atoms with van der Waals surface area (Å²) >= 11 is 0. The van der Waals surface area contributed by atoms with E-state index in [-0.39, 0.29) is 70.6 Å². The molecule has 0 aliphatic heterocycles. The minimum Gasteiger partial charge on any atom is -0.550 e. The Labute approximate surface area is 220 Å². The molecule has 0 heterocycles. The van der Waals surface area contributed by atoms with Gasteiger partial charge in [-0.2, -0.15) is 0 Å². The molecule has 0 saturated carbocycles. The van der Waals surface area contributed by atoms with Gasteiger partial charge in [0.05, 0.1) is 0 Å². The van der Waals surface area contributed by atoms with Crippen molar-refractivity contribution in [3.63, 3.8) is 0 Å². The van der Waals surface area contributed by atoms with Crippen LogP contribution in [0.15, 0.2) is 0 Å². The van der Waals surface area contributed by atoms with Crippen LogP contribution in [0.4, 0.5) is 0 Å². The Morgan fingerprint density at radius 2 is 0.647 bits per heavy atom. The second-order valence-corrected chi connectivity index (χ2v) is 13.3. The van der Waals surface area contributed by atoms with E-state index in [4.69, 9.17) is 0 Å². The van der Waals surface area contributed by atoms with Crippen LogP contribution in [0.2, 0.25) is 0 Å². The number of carbonyl (C=O) groups excluding carboxylic acids is 3. The first-order chi connectivity index (χ1) is 14.4. The zero-order chi connectivity index (χ0) is 27.2. The molecule has 34 heavy (non-hydrogen) atoms. The molecule has 0 aromatic heterocycles. The molecule has 0 saturated heterocycles. The van der Waals surface area contributed by atoms with Crippen molar-refractivity contribution < 1.29 is 47.1 Å². The smallest absolute Gasteiger partial charge is 0.550 e. The Morgan fingerprint density at radius 1 is 0.500 bits per heavy atom. The van der Waals surface area contributed by atoms with Crippen LogP contribution in [0, 0.1) is 34.0 Å². The third kappa shape index (κ3) is 41.2. The second-order valence-electron chi connectivity index (χ2n) is 13.3. The normalized spacial score (nSPS) is 14.1. The quantitative estimate of drug-likeness (QED) is 0.455. The van der Waals surface area contributed by atoms with E-state index in [1.807, 2.05) is 20.8 Å². The van der Waals surface area contributed by atoms with Crippen LogP contribution in [0.3, 0.4) is 0 Å². The summed E-state index contributed by atoms with van der Waals surface area (Å²) in [5, 5.41) is 30.6. The number of rotatable bonds is 9. The zero-order valence-electron chi connectivity index (χ0n) is 23.8. The van der Waals surface area contributed by atoms with Gasteiger partial charge in [-0.25, -0.2) is 0 Å². The predicted octanol–water partition coefficient (Wildman–Crippen LogP) is 3.59. The van der Waals surface area contributed by atoms with Crippen molar-refractivity contribution in [3.05, 3.63) is 0 Å². The Hall–Kier alpha value is -1.06. The van der Waals surface area contributed by atoms with E-state index in [1.165, 1.54) is 0 Å². The maximum Gasteiger partial charge on any atom is 2.00 e. The van der Waals surface area contributed by atoms with Crippen LogP contribution in [0.25, 0.3) is 0 Å². The standard InChI is InChI=1S/3C9H18O2.Cr/c3*1-7(5-8(10)11)6-9(2,3)4;/h3*7H,5-6H2,1-4H3,(H,10,11);/q;;;+2/p-3. The fourth-order valence-electron chi connectivity index (χ4n) is 4.21. The van der Waals surface area contributed by atoms with Crippen molar-refractivity contribution in [3.8, 4) is 0 Å². The van der Waals surface area contributed by atoms with E-state index < -0.39 is 17.9 Å². The second kappa shape index (κ2) is 18.2. The molecule has 0 N–H and O–H groups in total. The molecule has 0 rings (SSSR count). The van der Waals surface area contributed by atoms with Crippen molar-refractivity contribution in [2.24, 2.45) is 34.0 Å². The van der Waals surface area contributed by atoms with Crippen LogP contribution in [-0.4, -0.2) is 17.9 Å². The Bertz CT molecular complexity index is 486. The van der Waals surface area contributed by atoms with Gasteiger partial charge < -0.3 is 29.7 Å². The third-order valence-electron chi connectivity index (χ3n) is 4.43. The summed E-state index contributed by atoms with van der Waals surface area (Å²) in [6.45, 7) is 24.8. The topological polar surface area (TPSA) is 120 Å². The van der Waals surface area contributed by atoms with Gasteiger partial charge in [-0.1, -0.05) is 83.1 Å². The SMILES string of the molecule is CC(CC(=O)[O-])CC(C)(C)C.CC(CC(=O)[O-])CC(C)(C)C.CC(CC(=O)[O-])CC(C)(C)C.[Cr+2]. The van der Waals surface area contributed by atoms with Gasteiger partial charge in [-0.05, 0) is 72.5 Å². The molecule has 0 amide bonds. The van der Waals surface area contributed by atoms with Crippen LogP contribution in [-0.2, 0) is 31.7 Å². The average Bonchev–Trinajstić information content (AvgIpc) is 2.38. The molecule has 0 fully saturated rings. The summed E-state index contributed by atoms with van der Waals surface area (Å²) in [6, 6.07) is 0. The number of carboxylic acids is 3. The van der Waals surface area contributed by atoms with Gasteiger partial charge >= 0.3 is 17.4 Å². The van der Waals surface area contributed by atoms with Crippen molar-refractivity contribution >= 4 is 17.9 Å². The maximum absolute atomic E-state index is 10.2. The molecule has 3 unspecified atom stereocenters. The molecular formula is C27H51CrO6-. The molecule has 7 heteroatoms. The number of aliphatic carboxylic acids is 3. The molecule has 0 aliphatic rings. The molecule has 0 bridgehead atoms. The number of hydrogen-bond acceptors (Lipinski definition) is 6. The first kappa shape index (κ1) is 40.1. The van der Waals surface area contributed by atoms with E-state index in [2.05, 4.69) is 62.3 Å². The third-order valence-corrected chi connectivity index (χ3v) is 4.43. The molecule has 3 atom stereocenters. The Kier molecular flexibility index (Phi) is 21.5. The summed E-state index contributed by atoms with van der Waals surface area (Å²) in [7, 11) is 0. The van der Waals surface area contributed by atoms with E-state index in [1.54, 1.807) is 0 Å². The summed E-state index contributed by atoms with van der Waals surface area (Å²) in [5.74, 6) is -2.16. The van der Waals surface area contributed by atoms with Gasteiger partial charge in [0.2, 0.25) is 0 Å². The fraction of sp³-hybridized carbons (Fsp3) is 0.889. The van der Waals surface area contributed by atoms with Gasteiger partial charge in [0.15, 0.2) is 0 Å². The van der Waals surface area contributed by atoms with E-state index in [0.717, 1.165) is 19.3 Å². The van der Waals surface area contributed by atoms with Crippen molar-refractivity contribution in [2.75, 3.05) is 0 Å². The molecule has 0 spiro atoms. The van der Waals surface area contributed by atoms with Gasteiger partial charge in [0.25, 0.3) is 0 Å². The van der Waals surface area contributed by atoms with Crippen LogP contribution < -0.4 is 15.3 Å². The van der Waals surface area contributed by atoms with E-state index in [9.17, 15) is 29.7 Å². The van der Waals surface area contributed by atoms with E-state index in [0.29, 0.717) is 0 Å². The van der Waals surface area contributed by atoms with Crippen molar-refractivity contribution in [2.45, 2.75) is 122 Å². The molecule has 202 valence electrons. The fourth-order valence-corrected chi connectivity index (χ4v) is 4.21. The largest absolute Gasteiger partial charge is 2.00 e. The van der Waals surface area contributed by atoms with Gasteiger partial charge in [-0.3, -0.25) is 0 Å². The molecule has 0 radical (unpaired) electrons. The molecule has 0 aliphatic carbocycles. The first-order valence-electron chi connectivity index (χ1n) is 12.0. The molecular weight excluding hydrogens is 472 g/mol. The van der Waals surface area contributed by atoms with Gasteiger partial charge in [-0.15, -0.1) is 0 Å². The average molecular weight is 524 g/mol. The molecule has 6 nitrogen and oxygen atoms in total. The summed E-state index contributed by atoms with van der Waals surface area (Å²) < 4.78 is 0. The minimum absolute atomic E-state index is 0. The van der Waals surface area contributed by atoms with Crippen molar-refractivity contribution in [1.29, 1.82) is 0 Å². The van der Waals surface area contributed by atoms with Crippen LogP contribution in [0.1, 0.15) is 122 Å². The Morgan fingerprint density at radius 3 is 0.735 bits per heavy atom.